The van der Waals surface area contributed by atoms with Crippen LogP contribution in [0.5, 0.6) is 0 Å². The number of hydrogen-bond donors (Lipinski definition) is 1. The second-order valence-corrected chi connectivity index (χ2v) is 7.42. The van der Waals surface area contributed by atoms with Crippen LogP contribution >= 0.6 is 0 Å². The van der Waals surface area contributed by atoms with Crippen LogP contribution in [0.3, 0.4) is 0 Å². The number of hydrogen-bond acceptors (Lipinski definition) is 2. The van der Waals surface area contributed by atoms with Crippen LogP contribution in [0.15, 0.2) is 12.3 Å². The van der Waals surface area contributed by atoms with Gasteiger partial charge in [0.05, 0.1) is 11.7 Å². The Labute approximate surface area is 122 Å². The molecule has 2 fully saturated rings. The van der Waals surface area contributed by atoms with Crippen molar-refractivity contribution in [3.05, 3.63) is 18.0 Å². The van der Waals surface area contributed by atoms with Crippen LogP contribution in [-0.2, 0) is 6.42 Å². The quantitative estimate of drug-likeness (QED) is 0.914. The van der Waals surface area contributed by atoms with E-state index in [1.807, 2.05) is 0 Å². The van der Waals surface area contributed by atoms with E-state index in [4.69, 9.17) is 10.8 Å². The third kappa shape index (κ3) is 2.78. The summed E-state index contributed by atoms with van der Waals surface area (Å²) in [5.74, 6) is 1.43. The molecule has 2 saturated carbocycles. The maximum Gasteiger partial charge on any atom is 0.0643 e. The van der Waals surface area contributed by atoms with Gasteiger partial charge in [-0.2, -0.15) is 5.10 Å². The van der Waals surface area contributed by atoms with Crippen molar-refractivity contribution >= 4 is 0 Å². The lowest BCUT2D eigenvalue weighted by atomic mass is 9.68. The zero-order chi connectivity index (χ0) is 14.2. The van der Waals surface area contributed by atoms with E-state index in [9.17, 15) is 0 Å². The molecular formula is C17H29N3. The second kappa shape index (κ2) is 5.51. The summed E-state index contributed by atoms with van der Waals surface area (Å²) in [6.45, 7) is 4.68. The highest BCUT2D eigenvalue weighted by Gasteiger charge is 2.37. The molecule has 3 unspecified atom stereocenters. The Hall–Kier alpha value is -0.830. The molecule has 3 atom stereocenters. The molecule has 0 spiro atoms. The Morgan fingerprint density at radius 2 is 2.05 bits per heavy atom. The van der Waals surface area contributed by atoms with Gasteiger partial charge < -0.3 is 5.73 Å². The largest absolute Gasteiger partial charge is 0.325 e. The van der Waals surface area contributed by atoms with Gasteiger partial charge in [-0.1, -0.05) is 26.7 Å². The maximum atomic E-state index is 6.71. The summed E-state index contributed by atoms with van der Waals surface area (Å²) in [6, 6.07) is 2.83. The van der Waals surface area contributed by atoms with E-state index in [0.717, 1.165) is 18.8 Å². The lowest BCUT2D eigenvalue weighted by Gasteiger charge is -2.41. The molecule has 0 saturated heterocycles. The molecule has 0 bridgehead atoms. The number of nitrogens with two attached hydrogens (primary N) is 1. The molecule has 0 radical (unpaired) electrons. The van der Waals surface area contributed by atoms with Gasteiger partial charge in [-0.25, -0.2) is 0 Å². The lowest BCUT2D eigenvalue weighted by molar-refractivity contribution is 0.162. The number of nitrogens with zero attached hydrogens (tertiary/aromatic N) is 2. The fourth-order valence-corrected chi connectivity index (χ4v) is 4.16. The van der Waals surface area contributed by atoms with Gasteiger partial charge in [0, 0.05) is 18.2 Å². The van der Waals surface area contributed by atoms with Crippen LogP contribution in [0.1, 0.15) is 70.5 Å². The Kier molecular flexibility index (Phi) is 3.89. The van der Waals surface area contributed by atoms with Gasteiger partial charge in [-0.05, 0) is 50.0 Å². The first-order valence-electron chi connectivity index (χ1n) is 8.40. The number of aromatic nitrogens is 2. The highest BCUT2D eigenvalue weighted by molar-refractivity contribution is 5.09. The third-order valence-electron chi connectivity index (χ3n) is 5.71. The van der Waals surface area contributed by atoms with Crippen molar-refractivity contribution in [2.45, 2.75) is 76.8 Å². The minimum Gasteiger partial charge on any atom is -0.325 e. The predicted octanol–water partition coefficient (Wildman–Crippen LogP) is 3.69. The molecule has 20 heavy (non-hydrogen) atoms. The van der Waals surface area contributed by atoms with Gasteiger partial charge in [0.1, 0.15) is 0 Å². The van der Waals surface area contributed by atoms with Crippen molar-refractivity contribution in [1.29, 1.82) is 0 Å². The Morgan fingerprint density at radius 1 is 1.30 bits per heavy atom. The molecule has 0 aromatic carbocycles. The Bertz CT molecular complexity index is 447. The maximum absolute atomic E-state index is 6.71. The van der Waals surface area contributed by atoms with E-state index < -0.39 is 0 Å². The molecular weight excluding hydrogens is 246 g/mol. The zero-order valence-corrected chi connectivity index (χ0v) is 13.0. The highest BCUT2D eigenvalue weighted by atomic mass is 15.3. The minimum atomic E-state index is -0.0403. The van der Waals surface area contributed by atoms with Crippen molar-refractivity contribution in [3.63, 3.8) is 0 Å². The average molecular weight is 275 g/mol. The topological polar surface area (TPSA) is 43.8 Å². The smallest absolute Gasteiger partial charge is 0.0643 e. The standard InChI is InChI=1S/C17H29N3/c1-13-7-9-17(18,14(2)11-13)12-15-8-10-20(19-15)16-5-3-4-6-16/h8,10,13-14,16H,3-7,9,11-12,18H2,1-2H3. The highest BCUT2D eigenvalue weighted by Crippen LogP contribution is 2.37. The van der Waals surface area contributed by atoms with Crippen LogP contribution in [-0.4, -0.2) is 15.3 Å². The van der Waals surface area contributed by atoms with Crippen molar-refractivity contribution < 1.29 is 0 Å². The van der Waals surface area contributed by atoms with Gasteiger partial charge >= 0.3 is 0 Å². The summed E-state index contributed by atoms with van der Waals surface area (Å²) in [7, 11) is 0. The molecule has 112 valence electrons. The summed E-state index contributed by atoms with van der Waals surface area (Å²) >= 11 is 0. The Balaban J connectivity index is 1.67. The first kappa shape index (κ1) is 14.1. The first-order chi connectivity index (χ1) is 9.57. The summed E-state index contributed by atoms with van der Waals surface area (Å²) < 4.78 is 2.20. The Morgan fingerprint density at radius 3 is 2.75 bits per heavy atom. The van der Waals surface area contributed by atoms with Crippen molar-refractivity contribution in [1.82, 2.24) is 9.78 Å². The van der Waals surface area contributed by atoms with E-state index in [2.05, 4.69) is 30.8 Å². The van der Waals surface area contributed by atoms with E-state index in [1.54, 1.807) is 0 Å². The SMILES string of the molecule is CC1CCC(N)(Cc2ccn(C3CCCC3)n2)C(C)C1. The van der Waals surface area contributed by atoms with Crippen molar-refractivity contribution in [2.24, 2.45) is 17.6 Å². The summed E-state index contributed by atoms with van der Waals surface area (Å²) in [5.41, 5.74) is 7.87. The van der Waals surface area contributed by atoms with E-state index >= 15 is 0 Å². The molecule has 2 aliphatic carbocycles. The number of rotatable bonds is 3. The van der Waals surface area contributed by atoms with Crippen molar-refractivity contribution in [3.8, 4) is 0 Å². The molecule has 3 heteroatoms. The monoisotopic (exact) mass is 275 g/mol. The molecule has 1 heterocycles. The van der Waals surface area contributed by atoms with Gasteiger partial charge in [-0.15, -0.1) is 0 Å². The molecule has 3 rings (SSSR count). The van der Waals surface area contributed by atoms with E-state index in [-0.39, 0.29) is 5.54 Å². The van der Waals surface area contributed by atoms with Gasteiger partial charge in [0.2, 0.25) is 0 Å². The van der Waals surface area contributed by atoms with Crippen LogP contribution in [0.4, 0.5) is 0 Å². The summed E-state index contributed by atoms with van der Waals surface area (Å²) in [5, 5.41) is 4.82. The fraction of sp³-hybridized carbons (Fsp3) is 0.824. The van der Waals surface area contributed by atoms with E-state index in [0.29, 0.717) is 12.0 Å². The van der Waals surface area contributed by atoms with Crippen LogP contribution in [0, 0.1) is 11.8 Å². The van der Waals surface area contributed by atoms with Gasteiger partial charge in [-0.3, -0.25) is 4.68 Å². The molecule has 2 N–H and O–H groups in total. The van der Waals surface area contributed by atoms with Gasteiger partial charge in [0.15, 0.2) is 0 Å². The fourth-order valence-electron chi connectivity index (χ4n) is 4.16. The normalized spacial score (nSPS) is 35.5. The van der Waals surface area contributed by atoms with Crippen LogP contribution in [0.2, 0.25) is 0 Å². The molecule has 0 aliphatic heterocycles. The molecule has 3 nitrogen and oxygen atoms in total. The van der Waals surface area contributed by atoms with Crippen LogP contribution in [0.25, 0.3) is 0 Å². The summed E-state index contributed by atoms with van der Waals surface area (Å²) in [6.07, 6.45) is 12.1. The first-order valence-corrected chi connectivity index (χ1v) is 8.40. The minimum absolute atomic E-state index is 0.0403. The van der Waals surface area contributed by atoms with Crippen LogP contribution < -0.4 is 5.73 Å². The average Bonchev–Trinajstić information content (AvgIpc) is 3.05. The molecule has 1 aromatic rings. The zero-order valence-electron chi connectivity index (χ0n) is 13.0. The van der Waals surface area contributed by atoms with Gasteiger partial charge in [0.25, 0.3) is 0 Å². The predicted molar refractivity (Wildman–Crippen MR) is 82.5 cm³/mol. The molecule has 1 aromatic heterocycles. The molecule has 2 aliphatic rings. The summed E-state index contributed by atoms with van der Waals surface area (Å²) in [4.78, 5) is 0. The third-order valence-corrected chi connectivity index (χ3v) is 5.71. The molecule has 0 amide bonds. The van der Waals surface area contributed by atoms with E-state index in [1.165, 1.54) is 44.2 Å². The second-order valence-electron chi connectivity index (χ2n) is 7.42. The lowest BCUT2D eigenvalue weighted by Crippen LogP contribution is -2.51. The van der Waals surface area contributed by atoms with Crippen molar-refractivity contribution in [2.75, 3.05) is 0 Å².